The van der Waals surface area contributed by atoms with E-state index in [0.717, 1.165) is 22.9 Å². The van der Waals surface area contributed by atoms with Gasteiger partial charge in [0, 0.05) is 44.2 Å². The third kappa shape index (κ3) is 4.14. The molecule has 2 rings (SSSR count). The van der Waals surface area contributed by atoms with E-state index in [2.05, 4.69) is 27.2 Å². The monoisotopic (exact) mass is 321 g/mol. The number of anilines is 2. The third-order valence-electron chi connectivity index (χ3n) is 2.95. The van der Waals surface area contributed by atoms with Gasteiger partial charge in [-0.05, 0) is 6.42 Å². The Morgan fingerprint density at radius 2 is 2.14 bits per heavy atom. The second-order valence-corrected chi connectivity index (χ2v) is 5.84. The van der Waals surface area contributed by atoms with Crippen molar-refractivity contribution >= 4 is 29.1 Å². The molecule has 0 amide bonds. The molecule has 2 aromatic rings. The minimum Gasteiger partial charge on any atom is -0.476 e. The van der Waals surface area contributed by atoms with Crippen molar-refractivity contribution in [3.8, 4) is 0 Å². The van der Waals surface area contributed by atoms with E-state index in [-0.39, 0.29) is 5.69 Å². The van der Waals surface area contributed by atoms with Crippen LogP contribution >= 0.6 is 11.3 Å². The first-order chi connectivity index (χ1) is 10.5. The molecule has 0 saturated carbocycles. The molecule has 8 heteroatoms. The van der Waals surface area contributed by atoms with Crippen LogP contribution in [0.5, 0.6) is 0 Å². The summed E-state index contributed by atoms with van der Waals surface area (Å²) in [4.78, 5) is 25.6. The van der Waals surface area contributed by atoms with Crippen molar-refractivity contribution in [2.24, 2.45) is 0 Å². The summed E-state index contributed by atoms with van der Waals surface area (Å²) in [5, 5.41) is 14.4. The average Bonchev–Trinajstić information content (AvgIpc) is 2.96. The summed E-state index contributed by atoms with van der Waals surface area (Å²) in [6.07, 6.45) is 1.49. The number of aromatic carboxylic acids is 1. The fraction of sp³-hybridized carbons (Fsp3) is 0.429. The maximum Gasteiger partial charge on any atom is 0.355 e. The molecule has 2 aromatic heterocycles. The van der Waals surface area contributed by atoms with E-state index < -0.39 is 5.97 Å². The van der Waals surface area contributed by atoms with Crippen LogP contribution in [0.4, 0.5) is 11.8 Å². The lowest BCUT2D eigenvalue weighted by Crippen LogP contribution is -2.15. The zero-order valence-electron chi connectivity index (χ0n) is 12.8. The van der Waals surface area contributed by atoms with Crippen molar-refractivity contribution in [3.05, 3.63) is 27.8 Å². The molecule has 22 heavy (non-hydrogen) atoms. The number of hydrogen-bond donors (Lipinski definition) is 2. The van der Waals surface area contributed by atoms with Crippen LogP contribution in [0.25, 0.3) is 0 Å². The van der Waals surface area contributed by atoms with Gasteiger partial charge in [0.1, 0.15) is 5.82 Å². The van der Waals surface area contributed by atoms with Gasteiger partial charge in [0.05, 0.1) is 5.01 Å². The molecular weight excluding hydrogens is 302 g/mol. The minimum absolute atomic E-state index is 0.102. The molecule has 118 valence electrons. The molecular formula is C14H19N5O2S. The molecule has 0 atom stereocenters. The van der Waals surface area contributed by atoms with Gasteiger partial charge in [0.25, 0.3) is 0 Å². The highest BCUT2D eigenvalue weighted by molar-refractivity contribution is 7.09. The van der Waals surface area contributed by atoms with Gasteiger partial charge in [-0.3, -0.25) is 0 Å². The molecule has 0 aromatic carbocycles. The van der Waals surface area contributed by atoms with E-state index in [4.69, 9.17) is 5.11 Å². The number of aryl methyl sites for hydroxylation is 1. The minimum atomic E-state index is -0.991. The van der Waals surface area contributed by atoms with Gasteiger partial charge in [-0.25, -0.2) is 14.8 Å². The first kappa shape index (κ1) is 16.2. The highest BCUT2D eigenvalue weighted by Crippen LogP contribution is 2.14. The molecule has 0 saturated heterocycles. The Labute approximate surface area is 133 Å². The largest absolute Gasteiger partial charge is 0.476 e. The lowest BCUT2D eigenvalue weighted by Gasteiger charge is -2.13. The Morgan fingerprint density at radius 3 is 2.73 bits per heavy atom. The van der Waals surface area contributed by atoms with Crippen molar-refractivity contribution in [3.63, 3.8) is 0 Å². The number of aromatic nitrogens is 3. The molecule has 0 aliphatic carbocycles. The Morgan fingerprint density at radius 1 is 1.36 bits per heavy atom. The lowest BCUT2D eigenvalue weighted by molar-refractivity contribution is 0.0691. The maximum absolute atomic E-state index is 10.8. The first-order valence-corrected chi connectivity index (χ1v) is 7.84. The average molecular weight is 321 g/mol. The van der Waals surface area contributed by atoms with Crippen LogP contribution in [0.2, 0.25) is 0 Å². The summed E-state index contributed by atoms with van der Waals surface area (Å²) < 4.78 is 0. The lowest BCUT2D eigenvalue weighted by atomic mass is 10.3. The molecule has 2 heterocycles. The van der Waals surface area contributed by atoms with Crippen LogP contribution < -0.4 is 10.2 Å². The number of thiazole rings is 1. The molecule has 0 aliphatic heterocycles. The molecule has 0 spiro atoms. The fourth-order valence-electron chi connectivity index (χ4n) is 1.78. The second kappa shape index (κ2) is 7.17. The second-order valence-electron chi connectivity index (χ2n) is 4.90. The third-order valence-corrected chi connectivity index (χ3v) is 3.85. The summed E-state index contributed by atoms with van der Waals surface area (Å²) in [5.41, 5.74) is 1.08. The number of carbonyl (C=O) groups is 1. The van der Waals surface area contributed by atoms with Gasteiger partial charge in [-0.1, -0.05) is 6.92 Å². The number of carboxylic acid groups (broad SMARTS) is 1. The van der Waals surface area contributed by atoms with Crippen molar-refractivity contribution in [2.45, 2.75) is 19.8 Å². The summed E-state index contributed by atoms with van der Waals surface area (Å²) >= 11 is 1.36. The normalized spacial score (nSPS) is 10.5. The topological polar surface area (TPSA) is 91.2 Å². The van der Waals surface area contributed by atoms with Crippen molar-refractivity contribution in [1.29, 1.82) is 0 Å². The number of carboxylic acids is 1. The van der Waals surface area contributed by atoms with Gasteiger partial charge < -0.3 is 15.3 Å². The van der Waals surface area contributed by atoms with Crippen molar-refractivity contribution in [2.75, 3.05) is 30.9 Å². The van der Waals surface area contributed by atoms with Gasteiger partial charge in [0.15, 0.2) is 5.69 Å². The Balaban J connectivity index is 1.98. The molecule has 0 unspecified atom stereocenters. The van der Waals surface area contributed by atoms with Gasteiger partial charge in [-0.15, -0.1) is 11.3 Å². The number of hydrogen-bond acceptors (Lipinski definition) is 7. The summed E-state index contributed by atoms with van der Waals surface area (Å²) in [6, 6.07) is 1.93. The predicted molar refractivity (Wildman–Crippen MR) is 87.0 cm³/mol. The molecule has 2 N–H and O–H groups in total. The smallest absolute Gasteiger partial charge is 0.355 e. The van der Waals surface area contributed by atoms with Crippen LogP contribution in [0.15, 0.2) is 11.4 Å². The highest BCUT2D eigenvalue weighted by Gasteiger charge is 2.09. The van der Waals surface area contributed by atoms with E-state index in [1.165, 1.54) is 11.3 Å². The van der Waals surface area contributed by atoms with Gasteiger partial charge in [0.2, 0.25) is 5.95 Å². The quantitative estimate of drug-likeness (QED) is 0.805. The molecule has 0 aliphatic rings. The first-order valence-electron chi connectivity index (χ1n) is 6.96. The van der Waals surface area contributed by atoms with E-state index in [1.54, 1.807) is 5.38 Å². The van der Waals surface area contributed by atoms with Crippen molar-refractivity contribution < 1.29 is 9.90 Å². The Kier molecular flexibility index (Phi) is 5.26. The molecule has 0 fully saturated rings. The van der Waals surface area contributed by atoms with E-state index >= 15 is 0 Å². The van der Waals surface area contributed by atoms with Crippen LogP contribution in [-0.4, -0.2) is 46.7 Å². The number of rotatable bonds is 7. The standard InChI is InChI=1S/C14H19N5O2S/c1-4-9-7-11(18-14(16-9)19(2)3)15-6-5-12-17-10(8-22-12)13(20)21/h7-8H,4-6H2,1-3H3,(H,20,21)(H,15,16,18). The summed E-state index contributed by atoms with van der Waals surface area (Å²) in [7, 11) is 3.81. The van der Waals surface area contributed by atoms with E-state index in [9.17, 15) is 4.79 Å². The zero-order valence-corrected chi connectivity index (χ0v) is 13.6. The number of nitrogens with zero attached hydrogens (tertiary/aromatic N) is 4. The zero-order chi connectivity index (χ0) is 16.1. The van der Waals surface area contributed by atoms with Gasteiger partial charge >= 0.3 is 5.97 Å². The Bertz CT molecular complexity index is 656. The van der Waals surface area contributed by atoms with Gasteiger partial charge in [-0.2, -0.15) is 4.98 Å². The van der Waals surface area contributed by atoms with E-state index in [0.29, 0.717) is 18.9 Å². The SMILES string of the molecule is CCc1cc(NCCc2nc(C(=O)O)cs2)nc(N(C)C)n1. The number of nitrogens with one attached hydrogen (secondary N) is 1. The molecule has 0 bridgehead atoms. The fourth-order valence-corrected chi connectivity index (χ4v) is 2.55. The molecule has 7 nitrogen and oxygen atoms in total. The van der Waals surface area contributed by atoms with Crippen LogP contribution in [0.1, 0.15) is 28.1 Å². The van der Waals surface area contributed by atoms with Crippen molar-refractivity contribution in [1.82, 2.24) is 15.0 Å². The van der Waals surface area contributed by atoms with Crippen LogP contribution in [-0.2, 0) is 12.8 Å². The summed E-state index contributed by atoms with van der Waals surface area (Å²) in [5.74, 6) is 0.448. The maximum atomic E-state index is 10.8. The van der Waals surface area contributed by atoms with Crippen LogP contribution in [0, 0.1) is 0 Å². The van der Waals surface area contributed by atoms with E-state index in [1.807, 2.05) is 25.1 Å². The highest BCUT2D eigenvalue weighted by atomic mass is 32.1. The van der Waals surface area contributed by atoms with Crippen LogP contribution in [0.3, 0.4) is 0 Å². The summed E-state index contributed by atoms with van der Waals surface area (Å²) in [6.45, 7) is 2.69. The predicted octanol–water partition coefficient (Wildman–Crippen LogP) is 1.91. The molecule has 0 radical (unpaired) electrons. The Hall–Kier alpha value is -2.22.